The topological polar surface area (TPSA) is 108 Å². The Morgan fingerprint density at radius 1 is 1.23 bits per heavy atom. The summed E-state index contributed by atoms with van der Waals surface area (Å²) in [5.74, 6) is -1.80. The second-order valence-corrected chi connectivity index (χ2v) is 8.20. The number of carbonyl (C=O) groups excluding carboxylic acids is 3. The van der Waals surface area contributed by atoms with Gasteiger partial charge < -0.3 is 20.5 Å². The van der Waals surface area contributed by atoms with E-state index in [9.17, 15) is 19.5 Å². The maximum atomic E-state index is 13.0. The number of hydrogen-bond acceptors (Lipinski definition) is 7. The van der Waals surface area contributed by atoms with Gasteiger partial charge in [0.15, 0.2) is 5.78 Å². The number of ketones is 2. The summed E-state index contributed by atoms with van der Waals surface area (Å²) in [6, 6.07) is 5.40. The molecule has 0 atom stereocenters. The zero-order valence-corrected chi connectivity index (χ0v) is 17.7. The van der Waals surface area contributed by atoms with Crippen LogP contribution in [0.1, 0.15) is 31.9 Å². The summed E-state index contributed by atoms with van der Waals surface area (Å²) in [4.78, 5) is 39.0. The monoisotopic (exact) mass is 415 g/mol. The summed E-state index contributed by atoms with van der Waals surface area (Å²) in [6.45, 7) is 9.58. The molecule has 3 N–H and O–H groups in total. The number of Topliss-reactive ketones (excluding diaryl/α,β-unsaturated/α-hetero) is 2. The van der Waals surface area contributed by atoms with Crippen LogP contribution in [0.5, 0.6) is 0 Å². The number of carbonyl (C=O) groups is 3. The van der Waals surface area contributed by atoms with Gasteiger partial charge in [-0.05, 0) is 44.5 Å². The second-order valence-electron chi connectivity index (χ2n) is 8.20. The minimum atomic E-state index is -0.994. The molecule has 1 aromatic rings. The third-order valence-corrected chi connectivity index (χ3v) is 5.57. The third-order valence-electron chi connectivity index (χ3n) is 5.57. The van der Waals surface area contributed by atoms with Crippen molar-refractivity contribution in [2.24, 2.45) is 0 Å². The Hall–Kier alpha value is -2.71. The summed E-state index contributed by atoms with van der Waals surface area (Å²) in [5, 5.41) is 16.4. The zero-order valence-electron chi connectivity index (χ0n) is 17.7. The Morgan fingerprint density at radius 3 is 2.60 bits per heavy atom. The molecule has 0 aromatic heterocycles. The normalized spacial score (nSPS) is 18.7. The number of hydrogen-bond donors (Lipinski definition) is 3. The van der Waals surface area contributed by atoms with E-state index in [1.165, 1.54) is 6.92 Å². The van der Waals surface area contributed by atoms with Crippen LogP contribution in [0.3, 0.4) is 0 Å². The molecule has 2 aliphatic rings. The Bertz CT molecular complexity index is 885. The molecule has 0 radical (unpaired) electrons. The molecule has 30 heavy (non-hydrogen) atoms. The molecule has 1 aromatic carbocycles. The predicted molar refractivity (Wildman–Crippen MR) is 113 cm³/mol. The average molecular weight is 415 g/mol. The van der Waals surface area contributed by atoms with Crippen molar-refractivity contribution in [3.05, 3.63) is 34.9 Å². The van der Waals surface area contributed by atoms with Gasteiger partial charge in [-0.3, -0.25) is 19.3 Å². The molecule has 0 bridgehead atoms. The van der Waals surface area contributed by atoms with Crippen LogP contribution in [-0.4, -0.2) is 73.4 Å². The standard InChI is InChI=1S/C22H29N3O5/c1-14(26)13-24-21(29)18-19(27)16-5-4-15(12-17(16)22(2,3)20(18)28)23-6-7-25-8-10-30-11-9-25/h4-5,12,23,27H,6-11,13H2,1-3H3,(H,24,29). The van der Waals surface area contributed by atoms with Crippen LogP contribution in [-0.2, 0) is 24.5 Å². The first-order valence-corrected chi connectivity index (χ1v) is 10.2. The van der Waals surface area contributed by atoms with Gasteiger partial charge >= 0.3 is 0 Å². The van der Waals surface area contributed by atoms with Crippen molar-refractivity contribution >= 4 is 28.9 Å². The van der Waals surface area contributed by atoms with Crippen LogP contribution in [0.4, 0.5) is 5.69 Å². The number of ether oxygens (including phenoxy) is 1. The molecule has 1 heterocycles. The van der Waals surface area contributed by atoms with E-state index in [0.29, 0.717) is 11.1 Å². The molecule has 3 rings (SSSR count). The lowest BCUT2D eigenvalue weighted by Gasteiger charge is -2.32. The number of anilines is 1. The highest BCUT2D eigenvalue weighted by molar-refractivity contribution is 6.28. The summed E-state index contributed by atoms with van der Waals surface area (Å²) >= 11 is 0. The van der Waals surface area contributed by atoms with Crippen LogP contribution in [0.25, 0.3) is 5.76 Å². The highest BCUT2D eigenvalue weighted by atomic mass is 16.5. The molecule has 1 amide bonds. The van der Waals surface area contributed by atoms with E-state index in [0.717, 1.165) is 45.1 Å². The van der Waals surface area contributed by atoms with E-state index in [1.807, 2.05) is 12.1 Å². The fraction of sp³-hybridized carbons (Fsp3) is 0.500. The van der Waals surface area contributed by atoms with Crippen LogP contribution in [0.2, 0.25) is 0 Å². The van der Waals surface area contributed by atoms with E-state index in [4.69, 9.17) is 4.74 Å². The van der Waals surface area contributed by atoms with Crippen molar-refractivity contribution in [3.63, 3.8) is 0 Å². The number of aliphatic hydroxyl groups excluding tert-OH is 1. The first-order valence-electron chi connectivity index (χ1n) is 10.2. The number of aliphatic hydroxyl groups is 1. The summed E-state index contributed by atoms with van der Waals surface area (Å²) < 4.78 is 5.35. The summed E-state index contributed by atoms with van der Waals surface area (Å²) in [5.41, 5.74) is 0.657. The molecule has 8 nitrogen and oxygen atoms in total. The number of rotatable bonds is 7. The molecular weight excluding hydrogens is 386 g/mol. The minimum Gasteiger partial charge on any atom is -0.506 e. The van der Waals surface area contributed by atoms with Gasteiger partial charge in [0.25, 0.3) is 5.91 Å². The third kappa shape index (κ3) is 4.55. The van der Waals surface area contributed by atoms with Gasteiger partial charge in [0.05, 0.1) is 25.2 Å². The molecule has 1 aliphatic heterocycles. The lowest BCUT2D eigenvalue weighted by atomic mass is 9.71. The van der Waals surface area contributed by atoms with Gasteiger partial charge in [-0.2, -0.15) is 0 Å². The fourth-order valence-electron chi connectivity index (χ4n) is 3.74. The number of nitrogens with one attached hydrogen (secondary N) is 2. The van der Waals surface area contributed by atoms with Gasteiger partial charge in [0.1, 0.15) is 17.1 Å². The zero-order chi connectivity index (χ0) is 21.9. The van der Waals surface area contributed by atoms with Gasteiger partial charge in [-0.25, -0.2) is 0 Å². The smallest absolute Gasteiger partial charge is 0.259 e. The molecule has 162 valence electrons. The molecule has 1 aliphatic carbocycles. The first kappa shape index (κ1) is 22.0. The lowest BCUT2D eigenvalue weighted by molar-refractivity contribution is -0.126. The molecular formula is C22H29N3O5. The minimum absolute atomic E-state index is 0.192. The van der Waals surface area contributed by atoms with Crippen LogP contribution < -0.4 is 10.6 Å². The summed E-state index contributed by atoms with van der Waals surface area (Å²) in [7, 11) is 0. The Balaban J connectivity index is 1.80. The largest absolute Gasteiger partial charge is 0.506 e. The van der Waals surface area contributed by atoms with Crippen molar-refractivity contribution in [1.29, 1.82) is 0 Å². The van der Waals surface area contributed by atoms with Crippen molar-refractivity contribution in [1.82, 2.24) is 10.2 Å². The molecule has 8 heteroatoms. The van der Waals surface area contributed by atoms with Crippen LogP contribution in [0.15, 0.2) is 23.8 Å². The predicted octanol–water partition coefficient (Wildman–Crippen LogP) is 1.27. The van der Waals surface area contributed by atoms with E-state index in [1.54, 1.807) is 19.9 Å². The molecule has 1 fully saturated rings. The molecule has 0 unspecified atom stereocenters. The van der Waals surface area contributed by atoms with Crippen LogP contribution >= 0.6 is 0 Å². The maximum absolute atomic E-state index is 13.0. The molecule has 0 spiro atoms. The van der Waals surface area contributed by atoms with E-state index in [-0.39, 0.29) is 23.7 Å². The van der Waals surface area contributed by atoms with E-state index in [2.05, 4.69) is 15.5 Å². The van der Waals surface area contributed by atoms with Gasteiger partial charge in [0, 0.05) is 37.4 Å². The van der Waals surface area contributed by atoms with Crippen LogP contribution in [0, 0.1) is 0 Å². The summed E-state index contributed by atoms with van der Waals surface area (Å²) in [6.07, 6.45) is 0. The van der Waals surface area contributed by atoms with Gasteiger partial charge in [-0.1, -0.05) is 0 Å². The highest BCUT2D eigenvalue weighted by Crippen LogP contribution is 2.40. The number of benzene rings is 1. The van der Waals surface area contributed by atoms with Gasteiger partial charge in [0.2, 0.25) is 0 Å². The number of morpholine rings is 1. The highest BCUT2D eigenvalue weighted by Gasteiger charge is 2.43. The lowest BCUT2D eigenvalue weighted by Crippen LogP contribution is -2.42. The number of nitrogens with zero attached hydrogens (tertiary/aromatic N) is 1. The molecule has 0 saturated carbocycles. The second kappa shape index (κ2) is 8.97. The average Bonchev–Trinajstić information content (AvgIpc) is 2.72. The maximum Gasteiger partial charge on any atom is 0.259 e. The fourth-order valence-corrected chi connectivity index (χ4v) is 3.74. The quantitative estimate of drug-likeness (QED) is 0.576. The Morgan fingerprint density at radius 2 is 1.93 bits per heavy atom. The van der Waals surface area contributed by atoms with E-state index >= 15 is 0 Å². The molecule has 1 saturated heterocycles. The van der Waals surface area contributed by atoms with Crippen molar-refractivity contribution < 1.29 is 24.2 Å². The Labute approximate surface area is 176 Å². The van der Waals surface area contributed by atoms with Crippen molar-refractivity contribution in [2.75, 3.05) is 51.3 Å². The Kier molecular flexibility index (Phi) is 6.58. The first-order chi connectivity index (χ1) is 14.2. The number of fused-ring (bicyclic) bond motifs is 1. The van der Waals surface area contributed by atoms with Crippen molar-refractivity contribution in [3.8, 4) is 0 Å². The van der Waals surface area contributed by atoms with Gasteiger partial charge in [-0.15, -0.1) is 0 Å². The number of amides is 1. The SMILES string of the molecule is CC(=O)CNC(=O)C1=C(O)c2ccc(NCCN3CCOCC3)cc2C(C)(C)C1=O. The van der Waals surface area contributed by atoms with Crippen molar-refractivity contribution in [2.45, 2.75) is 26.2 Å². The van der Waals surface area contributed by atoms with E-state index < -0.39 is 17.1 Å².